The Hall–Kier alpha value is -2.49. The number of hydrogen-bond acceptors (Lipinski definition) is 3. The molecular formula is C18H21NO3. The highest BCUT2D eigenvalue weighted by Gasteiger charge is 2.04. The van der Waals surface area contributed by atoms with Crippen molar-refractivity contribution in [1.82, 2.24) is 5.32 Å². The molecule has 0 saturated carbocycles. The summed E-state index contributed by atoms with van der Waals surface area (Å²) in [6.07, 6.45) is 0. The molecule has 2 aromatic rings. The average Bonchev–Trinajstić information content (AvgIpc) is 2.50. The fraction of sp³-hybridized carbons (Fsp3) is 0.278. The molecule has 0 unspecified atom stereocenters. The van der Waals surface area contributed by atoms with E-state index in [1.807, 2.05) is 50.2 Å². The number of ether oxygens (including phenoxy) is 2. The van der Waals surface area contributed by atoms with Gasteiger partial charge in [-0.1, -0.05) is 18.2 Å². The Morgan fingerprint density at radius 3 is 2.45 bits per heavy atom. The van der Waals surface area contributed by atoms with Crippen molar-refractivity contribution >= 4 is 5.91 Å². The summed E-state index contributed by atoms with van der Waals surface area (Å²) in [7, 11) is 1.62. The van der Waals surface area contributed by atoms with Crippen molar-refractivity contribution in [2.24, 2.45) is 0 Å². The van der Waals surface area contributed by atoms with E-state index >= 15 is 0 Å². The first-order chi connectivity index (χ1) is 10.6. The highest BCUT2D eigenvalue weighted by atomic mass is 16.5. The lowest BCUT2D eigenvalue weighted by atomic mass is 10.1. The zero-order valence-electron chi connectivity index (χ0n) is 13.2. The Morgan fingerprint density at radius 2 is 1.77 bits per heavy atom. The van der Waals surface area contributed by atoms with Gasteiger partial charge in [-0.25, -0.2) is 0 Å². The van der Waals surface area contributed by atoms with Crippen molar-refractivity contribution in [3.63, 3.8) is 0 Å². The summed E-state index contributed by atoms with van der Waals surface area (Å²) in [5, 5.41) is 2.83. The second kappa shape index (κ2) is 7.50. The molecule has 4 nitrogen and oxygen atoms in total. The van der Waals surface area contributed by atoms with Crippen molar-refractivity contribution in [1.29, 1.82) is 0 Å². The lowest BCUT2D eigenvalue weighted by Crippen LogP contribution is -2.28. The Labute approximate surface area is 131 Å². The molecule has 0 bridgehead atoms. The quantitative estimate of drug-likeness (QED) is 0.892. The molecule has 0 aliphatic rings. The predicted molar refractivity (Wildman–Crippen MR) is 86.3 cm³/mol. The van der Waals surface area contributed by atoms with E-state index in [1.54, 1.807) is 7.11 Å². The molecular weight excluding hydrogens is 278 g/mol. The Morgan fingerprint density at radius 1 is 1.05 bits per heavy atom. The SMILES string of the molecule is COc1cccc(CNC(=O)COc2cc(C)cc(C)c2)c1. The van der Waals surface area contributed by atoms with E-state index < -0.39 is 0 Å². The molecule has 0 heterocycles. The maximum atomic E-state index is 11.8. The van der Waals surface area contributed by atoms with Gasteiger partial charge in [0.05, 0.1) is 7.11 Å². The molecule has 116 valence electrons. The molecule has 2 aromatic carbocycles. The number of carbonyl (C=O) groups excluding carboxylic acids is 1. The number of nitrogens with one attached hydrogen (secondary N) is 1. The van der Waals surface area contributed by atoms with Crippen LogP contribution in [0, 0.1) is 13.8 Å². The summed E-state index contributed by atoms with van der Waals surface area (Å²) in [4.78, 5) is 11.8. The summed E-state index contributed by atoms with van der Waals surface area (Å²) in [5.41, 5.74) is 3.22. The first-order valence-electron chi connectivity index (χ1n) is 7.17. The second-order valence-corrected chi connectivity index (χ2v) is 5.24. The highest BCUT2D eigenvalue weighted by Crippen LogP contribution is 2.16. The van der Waals surface area contributed by atoms with Crippen LogP contribution < -0.4 is 14.8 Å². The lowest BCUT2D eigenvalue weighted by molar-refractivity contribution is -0.123. The summed E-state index contributed by atoms with van der Waals surface area (Å²) in [6.45, 7) is 4.46. The van der Waals surface area contributed by atoms with Crippen molar-refractivity contribution in [3.05, 3.63) is 59.2 Å². The number of methoxy groups -OCH3 is 1. The molecule has 1 N–H and O–H groups in total. The van der Waals surface area contributed by atoms with E-state index in [0.29, 0.717) is 12.3 Å². The second-order valence-electron chi connectivity index (χ2n) is 5.24. The Balaban J connectivity index is 1.82. The standard InChI is InChI=1S/C18H21NO3/c1-13-7-14(2)9-17(8-13)22-12-18(20)19-11-15-5-4-6-16(10-15)21-3/h4-10H,11-12H2,1-3H3,(H,19,20). The van der Waals surface area contributed by atoms with Crippen LogP contribution in [0.2, 0.25) is 0 Å². The molecule has 0 saturated heterocycles. The third kappa shape index (κ3) is 4.81. The first kappa shape index (κ1) is 15.9. The van der Waals surface area contributed by atoms with Gasteiger partial charge < -0.3 is 14.8 Å². The Kier molecular flexibility index (Phi) is 5.42. The van der Waals surface area contributed by atoms with Crippen LogP contribution in [0.5, 0.6) is 11.5 Å². The third-order valence-corrected chi connectivity index (χ3v) is 3.19. The van der Waals surface area contributed by atoms with Gasteiger partial charge in [0.1, 0.15) is 11.5 Å². The predicted octanol–water partition coefficient (Wildman–Crippen LogP) is 3.01. The van der Waals surface area contributed by atoms with Crippen molar-refractivity contribution in [2.45, 2.75) is 20.4 Å². The molecule has 0 fully saturated rings. The number of carbonyl (C=O) groups is 1. The van der Waals surface area contributed by atoms with Gasteiger partial charge in [0.15, 0.2) is 6.61 Å². The van der Waals surface area contributed by atoms with E-state index in [-0.39, 0.29) is 12.5 Å². The topological polar surface area (TPSA) is 47.6 Å². The summed E-state index contributed by atoms with van der Waals surface area (Å²) in [6, 6.07) is 13.5. The van der Waals surface area contributed by atoms with Crippen molar-refractivity contribution in [3.8, 4) is 11.5 Å². The maximum absolute atomic E-state index is 11.8. The lowest BCUT2D eigenvalue weighted by Gasteiger charge is -2.09. The van der Waals surface area contributed by atoms with Gasteiger partial charge in [-0.3, -0.25) is 4.79 Å². The van der Waals surface area contributed by atoms with Gasteiger partial charge >= 0.3 is 0 Å². The molecule has 4 heteroatoms. The summed E-state index contributed by atoms with van der Waals surface area (Å²) < 4.78 is 10.7. The van der Waals surface area contributed by atoms with Crippen molar-refractivity contribution < 1.29 is 14.3 Å². The minimum Gasteiger partial charge on any atom is -0.497 e. The maximum Gasteiger partial charge on any atom is 0.258 e. The average molecular weight is 299 g/mol. The number of rotatable bonds is 6. The number of hydrogen-bond donors (Lipinski definition) is 1. The van der Waals surface area contributed by atoms with Crippen LogP contribution in [-0.2, 0) is 11.3 Å². The third-order valence-electron chi connectivity index (χ3n) is 3.19. The zero-order valence-corrected chi connectivity index (χ0v) is 13.2. The number of amides is 1. The van der Waals surface area contributed by atoms with Crippen LogP contribution in [0.15, 0.2) is 42.5 Å². The zero-order chi connectivity index (χ0) is 15.9. The molecule has 0 aromatic heterocycles. The van der Waals surface area contributed by atoms with Crippen LogP contribution in [0.1, 0.15) is 16.7 Å². The van der Waals surface area contributed by atoms with Gasteiger partial charge in [0.25, 0.3) is 5.91 Å². The monoisotopic (exact) mass is 299 g/mol. The number of benzene rings is 2. The molecule has 1 amide bonds. The smallest absolute Gasteiger partial charge is 0.258 e. The van der Waals surface area contributed by atoms with E-state index in [0.717, 1.165) is 22.4 Å². The fourth-order valence-corrected chi connectivity index (χ4v) is 2.20. The molecule has 0 aliphatic heterocycles. The minimum absolute atomic E-state index is 0.00681. The largest absolute Gasteiger partial charge is 0.497 e. The van der Waals surface area contributed by atoms with Crippen LogP contribution in [0.3, 0.4) is 0 Å². The van der Waals surface area contributed by atoms with Gasteiger partial charge in [-0.05, 0) is 54.8 Å². The fourth-order valence-electron chi connectivity index (χ4n) is 2.20. The van der Waals surface area contributed by atoms with Gasteiger partial charge in [0.2, 0.25) is 0 Å². The van der Waals surface area contributed by atoms with E-state index in [9.17, 15) is 4.79 Å². The summed E-state index contributed by atoms with van der Waals surface area (Å²) >= 11 is 0. The highest BCUT2D eigenvalue weighted by molar-refractivity contribution is 5.77. The van der Waals surface area contributed by atoms with Crippen LogP contribution in [0.25, 0.3) is 0 Å². The normalized spacial score (nSPS) is 10.1. The first-order valence-corrected chi connectivity index (χ1v) is 7.17. The molecule has 0 aliphatic carbocycles. The molecule has 0 radical (unpaired) electrons. The van der Waals surface area contributed by atoms with Crippen molar-refractivity contribution in [2.75, 3.05) is 13.7 Å². The number of aryl methyl sites for hydroxylation is 2. The van der Waals surface area contributed by atoms with E-state index in [4.69, 9.17) is 9.47 Å². The van der Waals surface area contributed by atoms with Crippen LogP contribution >= 0.6 is 0 Å². The van der Waals surface area contributed by atoms with Gasteiger partial charge in [-0.15, -0.1) is 0 Å². The Bertz CT molecular complexity index is 632. The van der Waals surface area contributed by atoms with Crippen LogP contribution in [0.4, 0.5) is 0 Å². The van der Waals surface area contributed by atoms with Crippen LogP contribution in [-0.4, -0.2) is 19.6 Å². The van der Waals surface area contributed by atoms with E-state index in [1.165, 1.54) is 0 Å². The molecule has 2 rings (SSSR count). The van der Waals surface area contributed by atoms with E-state index in [2.05, 4.69) is 11.4 Å². The minimum atomic E-state index is -0.151. The van der Waals surface area contributed by atoms with Gasteiger partial charge in [-0.2, -0.15) is 0 Å². The summed E-state index contributed by atoms with van der Waals surface area (Å²) in [5.74, 6) is 1.34. The molecule has 22 heavy (non-hydrogen) atoms. The molecule has 0 atom stereocenters. The molecule has 0 spiro atoms. The van der Waals surface area contributed by atoms with Gasteiger partial charge in [0, 0.05) is 6.54 Å².